The average Bonchev–Trinajstić information content (AvgIpc) is 3.34. The number of anilines is 1. The lowest BCUT2D eigenvalue weighted by Crippen LogP contribution is -2.26. The average molecular weight is 529 g/mol. The minimum absolute atomic E-state index is 0.0412. The fourth-order valence-electron chi connectivity index (χ4n) is 4.29. The van der Waals surface area contributed by atoms with E-state index in [2.05, 4.69) is 0 Å². The molecule has 0 fully saturated rings. The molecule has 0 aliphatic rings. The molecule has 3 aromatic carbocycles. The van der Waals surface area contributed by atoms with Gasteiger partial charge in [0.2, 0.25) is 5.91 Å². The lowest BCUT2D eigenvalue weighted by Gasteiger charge is -2.25. The monoisotopic (exact) mass is 528 g/mol. The van der Waals surface area contributed by atoms with Crippen LogP contribution in [0.25, 0.3) is 11.8 Å². The number of aryl methyl sites for hydroxylation is 1. The molecule has 0 saturated heterocycles. The molecule has 1 heterocycles. The van der Waals surface area contributed by atoms with Gasteiger partial charge >= 0.3 is 0 Å². The molecule has 0 radical (unpaired) electrons. The lowest BCUT2D eigenvalue weighted by molar-refractivity contribution is -0.115. The Morgan fingerprint density at radius 3 is 2.11 bits per heavy atom. The zero-order valence-electron chi connectivity index (χ0n) is 22.3. The summed E-state index contributed by atoms with van der Waals surface area (Å²) in [6.45, 7) is 7.46. The molecule has 0 N–H and O–H groups in total. The summed E-state index contributed by atoms with van der Waals surface area (Å²) in [5, 5.41) is 0. The Hall–Kier alpha value is -4.10. The van der Waals surface area contributed by atoms with Crippen molar-refractivity contribution in [2.75, 3.05) is 12.0 Å². The summed E-state index contributed by atoms with van der Waals surface area (Å²) in [5.74, 6) is 0.547. The molecule has 1 amide bonds. The zero-order valence-corrected chi connectivity index (χ0v) is 23.1. The second-order valence-electron chi connectivity index (χ2n) is 9.42. The molecule has 0 bridgehead atoms. The van der Waals surface area contributed by atoms with Crippen LogP contribution in [-0.4, -0.2) is 25.4 Å². The van der Waals surface area contributed by atoms with Gasteiger partial charge in [0.1, 0.15) is 5.75 Å². The number of carbonyl (C=O) groups excluding carboxylic acids is 1. The molecule has 0 saturated carbocycles. The fourth-order valence-corrected chi connectivity index (χ4v) is 5.52. The molecular weight excluding hydrogens is 496 g/mol. The number of rotatable bonds is 8. The third-order valence-electron chi connectivity index (χ3n) is 6.33. The van der Waals surface area contributed by atoms with E-state index < -0.39 is 10.0 Å². The first-order valence-corrected chi connectivity index (χ1v) is 13.8. The van der Waals surface area contributed by atoms with Gasteiger partial charge in [-0.3, -0.25) is 9.69 Å². The van der Waals surface area contributed by atoms with Gasteiger partial charge in [-0.05, 0) is 72.0 Å². The van der Waals surface area contributed by atoms with Crippen LogP contribution in [0.2, 0.25) is 0 Å². The van der Waals surface area contributed by atoms with Gasteiger partial charge in [0.15, 0.2) is 0 Å². The Balaban J connectivity index is 1.91. The number of carbonyl (C=O) groups is 1. The first-order chi connectivity index (χ1) is 18.1. The predicted octanol–water partition coefficient (Wildman–Crippen LogP) is 6.72. The van der Waals surface area contributed by atoms with Crippen molar-refractivity contribution in [3.05, 3.63) is 114 Å². The van der Waals surface area contributed by atoms with Crippen LogP contribution in [0.1, 0.15) is 48.9 Å². The van der Waals surface area contributed by atoms with Gasteiger partial charge in [0.05, 0.1) is 17.7 Å². The van der Waals surface area contributed by atoms with Crippen molar-refractivity contribution in [2.45, 2.75) is 38.5 Å². The minimum atomic E-state index is -3.79. The Labute approximate surface area is 224 Å². The molecule has 4 aromatic rings. The maximum absolute atomic E-state index is 13.5. The highest BCUT2D eigenvalue weighted by molar-refractivity contribution is 7.90. The maximum Gasteiger partial charge on any atom is 0.267 e. The van der Waals surface area contributed by atoms with Crippen LogP contribution in [0, 0.1) is 6.92 Å². The Morgan fingerprint density at radius 2 is 1.55 bits per heavy atom. The normalized spacial score (nSPS) is 12.0. The van der Waals surface area contributed by atoms with Crippen molar-refractivity contribution in [2.24, 2.45) is 0 Å². The number of methoxy groups -OCH3 is 1. The Morgan fingerprint density at radius 1 is 0.921 bits per heavy atom. The van der Waals surface area contributed by atoms with Crippen LogP contribution in [0.15, 0.2) is 96.2 Å². The molecule has 38 heavy (non-hydrogen) atoms. The second-order valence-corrected chi connectivity index (χ2v) is 11.3. The van der Waals surface area contributed by atoms with E-state index in [4.69, 9.17) is 4.74 Å². The van der Waals surface area contributed by atoms with Gasteiger partial charge in [-0.2, -0.15) is 0 Å². The first-order valence-electron chi connectivity index (χ1n) is 12.4. The molecule has 1 aromatic heterocycles. The van der Waals surface area contributed by atoms with Gasteiger partial charge in [0, 0.05) is 25.0 Å². The molecule has 0 aliphatic carbocycles. The van der Waals surface area contributed by atoms with E-state index in [1.54, 1.807) is 60.8 Å². The number of hydrogen-bond donors (Lipinski definition) is 0. The standard InChI is InChI=1S/C31H32N2O4S/c1-22(2)30-21-32(38(35,36)29-17-11-23(3)12-18-29)20-26(30)19-31(25-9-7-6-8-10-25)33(24(4)34)27-13-15-28(37-5)16-14-27/h6-22H,1-5H3/b31-19+. The zero-order chi connectivity index (χ0) is 27.4. The van der Waals surface area contributed by atoms with E-state index in [-0.39, 0.29) is 16.7 Å². The Bertz CT molecular complexity index is 1550. The highest BCUT2D eigenvalue weighted by Crippen LogP contribution is 2.33. The third kappa shape index (κ3) is 5.58. The quantitative estimate of drug-likeness (QED) is 0.255. The Kier molecular flexibility index (Phi) is 7.88. The summed E-state index contributed by atoms with van der Waals surface area (Å²) >= 11 is 0. The SMILES string of the molecule is COc1ccc(N(C(C)=O)/C(=C/c2cn(S(=O)(=O)c3ccc(C)cc3)cc2C(C)C)c2ccccc2)cc1. The molecule has 7 heteroatoms. The van der Waals surface area contributed by atoms with Gasteiger partial charge in [-0.25, -0.2) is 12.4 Å². The number of amides is 1. The van der Waals surface area contributed by atoms with E-state index in [1.165, 1.54) is 10.9 Å². The van der Waals surface area contributed by atoms with Gasteiger partial charge in [-0.15, -0.1) is 0 Å². The fraction of sp³-hybridized carbons (Fsp3) is 0.194. The number of hydrogen-bond acceptors (Lipinski definition) is 4. The van der Waals surface area contributed by atoms with Crippen LogP contribution in [-0.2, 0) is 14.8 Å². The number of benzene rings is 3. The molecule has 0 aliphatic heterocycles. The van der Waals surface area contributed by atoms with E-state index in [1.807, 2.05) is 69.3 Å². The number of aromatic nitrogens is 1. The first kappa shape index (κ1) is 26.9. The summed E-state index contributed by atoms with van der Waals surface area (Å²) in [7, 11) is -2.20. The number of nitrogens with zero attached hydrogens (tertiary/aromatic N) is 2. The van der Waals surface area contributed by atoms with Crippen LogP contribution in [0.3, 0.4) is 0 Å². The third-order valence-corrected chi connectivity index (χ3v) is 7.97. The number of ether oxygens (including phenoxy) is 1. The van der Waals surface area contributed by atoms with E-state index in [0.29, 0.717) is 22.7 Å². The van der Waals surface area contributed by atoms with Crippen molar-refractivity contribution in [1.82, 2.24) is 3.97 Å². The van der Waals surface area contributed by atoms with Gasteiger partial charge < -0.3 is 4.74 Å². The second kappa shape index (κ2) is 11.1. The van der Waals surface area contributed by atoms with Gasteiger partial charge in [0.25, 0.3) is 10.0 Å². The molecule has 6 nitrogen and oxygen atoms in total. The molecule has 0 unspecified atom stereocenters. The van der Waals surface area contributed by atoms with E-state index in [9.17, 15) is 13.2 Å². The summed E-state index contributed by atoms with van der Waals surface area (Å²) < 4.78 is 33.5. The maximum atomic E-state index is 13.5. The summed E-state index contributed by atoms with van der Waals surface area (Å²) in [4.78, 5) is 14.9. The van der Waals surface area contributed by atoms with Crippen LogP contribution >= 0.6 is 0 Å². The topological polar surface area (TPSA) is 68.6 Å². The highest BCUT2D eigenvalue weighted by atomic mass is 32.2. The van der Waals surface area contributed by atoms with Crippen molar-refractivity contribution in [1.29, 1.82) is 0 Å². The molecule has 0 atom stereocenters. The summed E-state index contributed by atoms with van der Waals surface area (Å²) in [5.41, 5.74) is 4.68. The van der Waals surface area contributed by atoms with Crippen molar-refractivity contribution >= 4 is 33.4 Å². The summed E-state index contributed by atoms with van der Waals surface area (Å²) in [6, 6.07) is 23.7. The van der Waals surface area contributed by atoms with Crippen molar-refractivity contribution < 1.29 is 17.9 Å². The van der Waals surface area contributed by atoms with Crippen molar-refractivity contribution in [3.63, 3.8) is 0 Å². The highest BCUT2D eigenvalue weighted by Gasteiger charge is 2.23. The molecule has 0 spiro atoms. The van der Waals surface area contributed by atoms with Gasteiger partial charge in [-0.1, -0.05) is 61.9 Å². The smallest absolute Gasteiger partial charge is 0.267 e. The van der Waals surface area contributed by atoms with Crippen molar-refractivity contribution in [3.8, 4) is 5.75 Å². The predicted molar refractivity (Wildman–Crippen MR) is 153 cm³/mol. The molecule has 4 rings (SSSR count). The lowest BCUT2D eigenvalue weighted by atomic mass is 9.99. The molecular formula is C31H32N2O4S. The summed E-state index contributed by atoms with van der Waals surface area (Å²) in [6.07, 6.45) is 5.18. The van der Waals surface area contributed by atoms with Crippen LogP contribution < -0.4 is 9.64 Å². The largest absolute Gasteiger partial charge is 0.497 e. The van der Waals surface area contributed by atoms with Crippen LogP contribution in [0.4, 0.5) is 5.69 Å². The van der Waals surface area contributed by atoms with Crippen LogP contribution in [0.5, 0.6) is 5.75 Å². The molecule has 196 valence electrons. The van der Waals surface area contributed by atoms with E-state index in [0.717, 1.165) is 16.7 Å². The minimum Gasteiger partial charge on any atom is -0.497 e. The van der Waals surface area contributed by atoms with E-state index >= 15 is 0 Å².